The highest BCUT2D eigenvalue weighted by molar-refractivity contribution is 9.10. The Kier molecular flexibility index (Phi) is 3.41. The molecule has 7 heteroatoms. The van der Waals surface area contributed by atoms with E-state index in [1.807, 2.05) is 0 Å². The Morgan fingerprint density at radius 3 is 2.78 bits per heavy atom. The van der Waals surface area contributed by atoms with Crippen molar-refractivity contribution >= 4 is 33.5 Å². The van der Waals surface area contributed by atoms with Gasteiger partial charge in [0.2, 0.25) is 0 Å². The summed E-state index contributed by atoms with van der Waals surface area (Å²) in [5.74, 6) is -1.80. The number of aryl methyl sites for hydroxylation is 1. The molecule has 94 valence electrons. The lowest BCUT2D eigenvalue weighted by molar-refractivity contribution is 0.0696. The van der Waals surface area contributed by atoms with Gasteiger partial charge in [-0.2, -0.15) is 0 Å². The summed E-state index contributed by atoms with van der Waals surface area (Å²) in [6.07, 6.45) is 0. The number of hydrogen-bond acceptors (Lipinski definition) is 3. The van der Waals surface area contributed by atoms with Gasteiger partial charge in [0.15, 0.2) is 0 Å². The van der Waals surface area contributed by atoms with Gasteiger partial charge in [-0.15, -0.1) is 0 Å². The van der Waals surface area contributed by atoms with E-state index < -0.39 is 11.8 Å². The number of halogens is 3. The maximum absolute atomic E-state index is 13.9. The highest BCUT2D eigenvalue weighted by Gasteiger charge is 2.25. The third-order valence-corrected chi connectivity index (χ3v) is 3.16. The molecule has 0 saturated carbocycles. The molecule has 0 aliphatic rings. The van der Waals surface area contributed by atoms with Gasteiger partial charge in [-0.1, -0.05) is 16.8 Å². The molecule has 0 spiro atoms. The Hall–Kier alpha value is -1.40. The van der Waals surface area contributed by atoms with E-state index in [1.54, 1.807) is 0 Å². The maximum Gasteiger partial charge on any atom is 0.341 e. The minimum absolute atomic E-state index is 0.00801. The molecule has 0 aliphatic heterocycles. The Morgan fingerprint density at radius 1 is 1.56 bits per heavy atom. The van der Waals surface area contributed by atoms with Crippen LogP contribution < -0.4 is 0 Å². The van der Waals surface area contributed by atoms with E-state index in [4.69, 9.17) is 21.2 Å². The van der Waals surface area contributed by atoms with E-state index in [2.05, 4.69) is 21.1 Å². The van der Waals surface area contributed by atoms with Crippen molar-refractivity contribution in [3.8, 4) is 11.3 Å². The zero-order valence-electron chi connectivity index (χ0n) is 9.00. The number of rotatable bonds is 2. The van der Waals surface area contributed by atoms with Crippen LogP contribution in [-0.4, -0.2) is 16.2 Å². The molecule has 1 N–H and O–H groups in total. The minimum atomic E-state index is -1.23. The summed E-state index contributed by atoms with van der Waals surface area (Å²) in [4.78, 5) is 11.1. The van der Waals surface area contributed by atoms with Crippen molar-refractivity contribution in [2.45, 2.75) is 6.92 Å². The van der Waals surface area contributed by atoms with Crippen molar-refractivity contribution in [2.24, 2.45) is 0 Å². The number of hydrogen-bond donors (Lipinski definition) is 1. The van der Waals surface area contributed by atoms with Crippen LogP contribution in [0.2, 0.25) is 5.02 Å². The smallest absolute Gasteiger partial charge is 0.341 e. The first-order valence-electron chi connectivity index (χ1n) is 4.76. The van der Waals surface area contributed by atoms with Crippen LogP contribution in [0.5, 0.6) is 0 Å². The Labute approximate surface area is 114 Å². The molecular formula is C11H6BrClFNO3. The first-order valence-corrected chi connectivity index (χ1v) is 5.93. The Balaban J connectivity index is 2.74. The first-order chi connectivity index (χ1) is 8.41. The molecule has 1 aromatic heterocycles. The van der Waals surface area contributed by atoms with Crippen molar-refractivity contribution in [2.75, 3.05) is 0 Å². The quantitative estimate of drug-likeness (QED) is 0.904. The fraction of sp³-hybridized carbons (Fsp3) is 0.0909. The van der Waals surface area contributed by atoms with Crippen molar-refractivity contribution < 1.29 is 18.8 Å². The van der Waals surface area contributed by atoms with E-state index in [0.29, 0.717) is 4.47 Å². The summed E-state index contributed by atoms with van der Waals surface area (Å²) < 4.78 is 19.0. The Morgan fingerprint density at radius 2 is 2.22 bits per heavy atom. The molecule has 0 atom stereocenters. The standard InChI is InChI=1S/C11H6BrClFNO3/c1-4-8(11(16)17)10(15-18-4)9-6(12)2-5(13)3-7(9)14/h2-3H,1H3,(H,16,17). The maximum atomic E-state index is 13.9. The summed E-state index contributed by atoms with van der Waals surface area (Å²) >= 11 is 8.82. The topological polar surface area (TPSA) is 63.3 Å². The van der Waals surface area contributed by atoms with Crippen LogP contribution in [0, 0.1) is 12.7 Å². The molecule has 0 fully saturated rings. The molecule has 0 amide bonds. The third kappa shape index (κ3) is 2.13. The van der Waals surface area contributed by atoms with E-state index in [0.717, 1.165) is 6.07 Å². The van der Waals surface area contributed by atoms with Gasteiger partial charge >= 0.3 is 5.97 Å². The van der Waals surface area contributed by atoms with Crippen molar-refractivity contribution in [3.63, 3.8) is 0 Å². The number of nitrogens with zero attached hydrogens (tertiary/aromatic N) is 1. The zero-order chi connectivity index (χ0) is 13.4. The third-order valence-electron chi connectivity index (χ3n) is 2.32. The molecule has 4 nitrogen and oxygen atoms in total. The van der Waals surface area contributed by atoms with Crippen LogP contribution in [0.25, 0.3) is 11.3 Å². The average Bonchev–Trinajstić information content (AvgIpc) is 2.58. The molecule has 1 aromatic carbocycles. The monoisotopic (exact) mass is 333 g/mol. The van der Waals surface area contributed by atoms with Crippen LogP contribution >= 0.6 is 27.5 Å². The SMILES string of the molecule is Cc1onc(-c2c(F)cc(Cl)cc2Br)c1C(=O)O. The van der Waals surface area contributed by atoms with E-state index >= 15 is 0 Å². The van der Waals surface area contributed by atoms with Gasteiger partial charge in [0.25, 0.3) is 0 Å². The van der Waals surface area contributed by atoms with Gasteiger partial charge in [0.1, 0.15) is 22.8 Å². The predicted molar refractivity (Wildman–Crippen MR) is 66.3 cm³/mol. The second-order valence-corrected chi connectivity index (χ2v) is 4.80. The number of carboxylic acids is 1. The number of carboxylic acid groups (broad SMARTS) is 1. The molecule has 0 unspecified atom stereocenters. The van der Waals surface area contributed by atoms with Gasteiger partial charge in [-0.05, 0) is 35.0 Å². The van der Waals surface area contributed by atoms with Crippen molar-refractivity contribution in [1.29, 1.82) is 0 Å². The molecule has 2 rings (SSSR count). The van der Waals surface area contributed by atoms with Gasteiger partial charge in [0.05, 0.1) is 5.56 Å². The summed E-state index contributed by atoms with van der Waals surface area (Å²) in [6.45, 7) is 1.45. The first kappa shape index (κ1) is 13.0. The normalized spacial score (nSPS) is 10.7. The van der Waals surface area contributed by atoms with Crippen LogP contribution in [0.1, 0.15) is 16.1 Å². The average molecular weight is 335 g/mol. The molecule has 0 bridgehead atoms. The van der Waals surface area contributed by atoms with E-state index in [9.17, 15) is 9.18 Å². The van der Waals surface area contributed by atoms with Crippen LogP contribution in [0.4, 0.5) is 4.39 Å². The lowest BCUT2D eigenvalue weighted by atomic mass is 10.1. The second kappa shape index (κ2) is 4.70. The van der Waals surface area contributed by atoms with Crippen molar-refractivity contribution in [3.05, 3.63) is 38.8 Å². The number of benzene rings is 1. The van der Waals surface area contributed by atoms with E-state index in [-0.39, 0.29) is 27.6 Å². The van der Waals surface area contributed by atoms with Crippen LogP contribution in [0.3, 0.4) is 0 Å². The number of aromatic nitrogens is 1. The Bertz CT molecular complexity index is 618. The highest BCUT2D eigenvalue weighted by atomic mass is 79.9. The second-order valence-electron chi connectivity index (χ2n) is 3.51. The largest absolute Gasteiger partial charge is 0.477 e. The fourth-order valence-electron chi connectivity index (χ4n) is 1.56. The molecular weight excluding hydrogens is 328 g/mol. The summed E-state index contributed by atoms with van der Waals surface area (Å²) in [5, 5.41) is 12.9. The molecule has 18 heavy (non-hydrogen) atoms. The number of carbonyl (C=O) groups is 1. The van der Waals surface area contributed by atoms with Crippen molar-refractivity contribution in [1.82, 2.24) is 5.16 Å². The predicted octanol–water partition coefficient (Wildman–Crippen LogP) is 3.90. The van der Waals surface area contributed by atoms with Gasteiger partial charge < -0.3 is 9.63 Å². The lowest BCUT2D eigenvalue weighted by Gasteiger charge is -2.04. The molecule has 1 heterocycles. The van der Waals surface area contributed by atoms with Gasteiger partial charge in [0, 0.05) is 9.50 Å². The number of aromatic carboxylic acids is 1. The summed E-state index contributed by atoms with van der Waals surface area (Å²) in [5.41, 5.74) is -0.230. The van der Waals surface area contributed by atoms with Gasteiger partial charge in [-0.3, -0.25) is 0 Å². The van der Waals surface area contributed by atoms with Gasteiger partial charge in [-0.25, -0.2) is 9.18 Å². The lowest BCUT2D eigenvalue weighted by Crippen LogP contribution is -2.00. The fourth-order valence-corrected chi connectivity index (χ4v) is 2.52. The molecule has 0 saturated heterocycles. The highest BCUT2D eigenvalue weighted by Crippen LogP contribution is 2.35. The molecule has 0 radical (unpaired) electrons. The van der Waals surface area contributed by atoms with E-state index in [1.165, 1.54) is 13.0 Å². The van der Waals surface area contributed by atoms with Crippen LogP contribution in [-0.2, 0) is 0 Å². The minimum Gasteiger partial charge on any atom is -0.477 e. The summed E-state index contributed by atoms with van der Waals surface area (Å²) in [6, 6.07) is 2.53. The molecule has 2 aromatic rings. The molecule has 0 aliphatic carbocycles. The van der Waals surface area contributed by atoms with Crippen LogP contribution in [0.15, 0.2) is 21.1 Å². The zero-order valence-corrected chi connectivity index (χ0v) is 11.3. The summed E-state index contributed by atoms with van der Waals surface area (Å²) in [7, 11) is 0.